The van der Waals surface area contributed by atoms with Crippen molar-refractivity contribution < 1.29 is 14.3 Å². The zero-order valence-corrected chi connectivity index (χ0v) is 11.8. The molecule has 0 aliphatic rings. The second kappa shape index (κ2) is 6.50. The first kappa shape index (κ1) is 15.2. The fourth-order valence-electron chi connectivity index (χ4n) is 2.19. The van der Waals surface area contributed by atoms with Crippen LogP contribution in [0.1, 0.15) is 18.1 Å². The molecule has 0 aliphatic carbocycles. The van der Waals surface area contributed by atoms with Crippen LogP contribution < -0.4 is 5.32 Å². The number of aliphatic hydroxyl groups excluding tert-OH is 1. The lowest BCUT2D eigenvalue weighted by molar-refractivity contribution is -0.122. The van der Waals surface area contributed by atoms with E-state index in [0.29, 0.717) is 5.56 Å². The Morgan fingerprint density at radius 2 is 1.90 bits per heavy atom. The summed E-state index contributed by atoms with van der Waals surface area (Å²) >= 11 is 0. The Labute approximate surface area is 123 Å². The molecule has 21 heavy (non-hydrogen) atoms. The zero-order chi connectivity index (χ0) is 15.3. The van der Waals surface area contributed by atoms with Gasteiger partial charge in [-0.1, -0.05) is 42.5 Å². The Bertz CT molecular complexity index is 615. The molecule has 0 saturated carbocycles. The lowest BCUT2D eigenvalue weighted by Gasteiger charge is -2.29. The average Bonchev–Trinajstić information content (AvgIpc) is 2.48. The van der Waals surface area contributed by atoms with Crippen LogP contribution in [0.3, 0.4) is 0 Å². The summed E-state index contributed by atoms with van der Waals surface area (Å²) < 4.78 is 13.1. The lowest BCUT2D eigenvalue weighted by atomic mass is 9.92. The molecule has 2 aromatic rings. The van der Waals surface area contributed by atoms with E-state index in [4.69, 9.17) is 0 Å². The highest BCUT2D eigenvalue weighted by Gasteiger charge is 2.27. The van der Waals surface area contributed by atoms with Crippen molar-refractivity contribution in [2.75, 3.05) is 6.61 Å². The number of benzene rings is 2. The summed E-state index contributed by atoms with van der Waals surface area (Å²) in [4.78, 5) is 12.1. The third kappa shape index (κ3) is 3.89. The fraction of sp³-hybridized carbons (Fsp3) is 0.235. The maximum atomic E-state index is 13.1. The number of halogens is 1. The summed E-state index contributed by atoms with van der Waals surface area (Å²) in [5.74, 6) is -0.630. The van der Waals surface area contributed by atoms with Gasteiger partial charge in [-0.2, -0.15) is 0 Å². The second-order valence-electron chi connectivity index (χ2n) is 5.21. The normalized spacial score (nSPS) is 13.5. The number of hydrogen-bond donors (Lipinski definition) is 2. The SMILES string of the molecule is CC(CO)(NC(=O)Cc1cccc(F)c1)c1ccccc1. The largest absolute Gasteiger partial charge is 0.394 e. The van der Waals surface area contributed by atoms with Gasteiger partial charge in [0, 0.05) is 0 Å². The van der Waals surface area contributed by atoms with E-state index < -0.39 is 5.54 Å². The van der Waals surface area contributed by atoms with Crippen molar-refractivity contribution >= 4 is 5.91 Å². The molecule has 0 aliphatic heterocycles. The van der Waals surface area contributed by atoms with Gasteiger partial charge in [-0.15, -0.1) is 0 Å². The van der Waals surface area contributed by atoms with Crippen molar-refractivity contribution in [3.8, 4) is 0 Å². The monoisotopic (exact) mass is 287 g/mol. The first-order chi connectivity index (χ1) is 10.0. The van der Waals surface area contributed by atoms with Crippen molar-refractivity contribution in [2.24, 2.45) is 0 Å². The van der Waals surface area contributed by atoms with Crippen molar-refractivity contribution in [3.63, 3.8) is 0 Å². The Morgan fingerprint density at radius 1 is 1.19 bits per heavy atom. The van der Waals surface area contributed by atoms with Crippen LogP contribution >= 0.6 is 0 Å². The number of aliphatic hydroxyl groups is 1. The molecule has 1 amide bonds. The van der Waals surface area contributed by atoms with Crippen LogP contribution in [-0.4, -0.2) is 17.6 Å². The standard InChI is InChI=1S/C17H18FNO2/c1-17(12-20,14-7-3-2-4-8-14)19-16(21)11-13-6-5-9-15(18)10-13/h2-10,20H,11-12H2,1H3,(H,19,21). The zero-order valence-electron chi connectivity index (χ0n) is 11.8. The summed E-state index contributed by atoms with van der Waals surface area (Å²) in [6.45, 7) is 1.54. The molecule has 3 nitrogen and oxygen atoms in total. The Balaban J connectivity index is 2.10. The van der Waals surface area contributed by atoms with E-state index in [9.17, 15) is 14.3 Å². The summed E-state index contributed by atoms with van der Waals surface area (Å²) in [6.07, 6.45) is 0.0696. The molecule has 0 heterocycles. The summed E-state index contributed by atoms with van der Waals surface area (Å²) in [5.41, 5.74) is 0.562. The van der Waals surface area contributed by atoms with E-state index in [1.165, 1.54) is 12.1 Å². The van der Waals surface area contributed by atoms with Gasteiger partial charge in [0.1, 0.15) is 5.82 Å². The molecular formula is C17H18FNO2. The molecule has 0 spiro atoms. The molecule has 0 fully saturated rings. The van der Waals surface area contributed by atoms with E-state index in [2.05, 4.69) is 5.32 Å². The van der Waals surface area contributed by atoms with E-state index in [0.717, 1.165) is 5.56 Å². The number of amides is 1. The Morgan fingerprint density at radius 3 is 2.52 bits per heavy atom. The fourth-order valence-corrected chi connectivity index (χ4v) is 2.19. The minimum Gasteiger partial charge on any atom is -0.394 e. The van der Waals surface area contributed by atoms with Crippen LogP contribution in [0.5, 0.6) is 0 Å². The topological polar surface area (TPSA) is 49.3 Å². The molecule has 2 N–H and O–H groups in total. The van der Waals surface area contributed by atoms with Crippen LogP contribution in [0.25, 0.3) is 0 Å². The van der Waals surface area contributed by atoms with E-state index in [1.807, 2.05) is 30.3 Å². The summed E-state index contributed by atoms with van der Waals surface area (Å²) in [6, 6.07) is 15.2. The van der Waals surface area contributed by atoms with Crippen LogP contribution in [0, 0.1) is 5.82 Å². The van der Waals surface area contributed by atoms with Crippen molar-refractivity contribution in [3.05, 3.63) is 71.5 Å². The van der Waals surface area contributed by atoms with Crippen molar-refractivity contribution in [1.29, 1.82) is 0 Å². The van der Waals surface area contributed by atoms with Gasteiger partial charge < -0.3 is 10.4 Å². The minimum absolute atomic E-state index is 0.0696. The molecule has 1 atom stereocenters. The molecule has 1 unspecified atom stereocenters. The number of nitrogens with one attached hydrogen (secondary N) is 1. The molecule has 0 saturated heterocycles. The first-order valence-electron chi connectivity index (χ1n) is 6.75. The maximum absolute atomic E-state index is 13.1. The van der Waals surface area contributed by atoms with Gasteiger partial charge in [-0.3, -0.25) is 4.79 Å². The summed E-state index contributed by atoms with van der Waals surface area (Å²) in [7, 11) is 0. The quantitative estimate of drug-likeness (QED) is 0.887. The molecular weight excluding hydrogens is 269 g/mol. The van der Waals surface area contributed by atoms with Gasteiger partial charge >= 0.3 is 0 Å². The number of rotatable bonds is 5. The van der Waals surface area contributed by atoms with Gasteiger partial charge in [-0.05, 0) is 30.2 Å². The highest BCUT2D eigenvalue weighted by Crippen LogP contribution is 2.20. The van der Waals surface area contributed by atoms with Crippen LogP contribution in [-0.2, 0) is 16.8 Å². The average molecular weight is 287 g/mol. The number of carbonyl (C=O) groups excluding carboxylic acids is 1. The first-order valence-corrected chi connectivity index (χ1v) is 6.75. The van der Waals surface area contributed by atoms with Gasteiger partial charge in [0.2, 0.25) is 5.91 Å². The summed E-state index contributed by atoms with van der Waals surface area (Å²) in [5, 5.41) is 12.4. The van der Waals surface area contributed by atoms with Gasteiger partial charge in [-0.25, -0.2) is 4.39 Å². The highest BCUT2D eigenvalue weighted by molar-refractivity contribution is 5.79. The molecule has 2 aromatic carbocycles. The molecule has 110 valence electrons. The Kier molecular flexibility index (Phi) is 4.70. The third-order valence-electron chi connectivity index (χ3n) is 3.40. The number of hydrogen-bond acceptors (Lipinski definition) is 2. The second-order valence-corrected chi connectivity index (χ2v) is 5.21. The minimum atomic E-state index is -0.855. The van der Waals surface area contributed by atoms with Crippen LogP contribution in [0.4, 0.5) is 4.39 Å². The molecule has 4 heteroatoms. The molecule has 0 radical (unpaired) electrons. The predicted octanol–water partition coefficient (Wildman–Crippen LogP) is 2.39. The lowest BCUT2D eigenvalue weighted by Crippen LogP contribution is -2.46. The van der Waals surface area contributed by atoms with Gasteiger partial charge in [0.15, 0.2) is 0 Å². The van der Waals surface area contributed by atoms with Gasteiger partial charge in [0.05, 0.1) is 18.6 Å². The van der Waals surface area contributed by atoms with Crippen molar-refractivity contribution in [2.45, 2.75) is 18.9 Å². The van der Waals surface area contributed by atoms with Crippen molar-refractivity contribution in [1.82, 2.24) is 5.32 Å². The Hall–Kier alpha value is -2.20. The molecule has 0 aromatic heterocycles. The predicted molar refractivity (Wildman–Crippen MR) is 79.1 cm³/mol. The van der Waals surface area contributed by atoms with Crippen LogP contribution in [0.15, 0.2) is 54.6 Å². The van der Waals surface area contributed by atoms with E-state index in [1.54, 1.807) is 19.1 Å². The smallest absolute Gasteiger partial charge is 0.225 e. The maximum Gasteiger partial charge on any atom is 0.225 e. The van der Waals surface area contributed by atoms with Crippen LogP contribution in [0.2, 0.25) is 0 Å². The van der Waals surface area contributed by atoms with E-state index in [-0.39, 0.29) is 24.8 Å². The van der Waals surface area contributed by atoms with Gasteiger partial charge in [0.25, 0.3) is 0 Å². The highest BCUT2D eigenvalue weighted by atomic mass is 19.1. The number of carbonyl (C=O) groups is 1. The molecule has 2 rings (SSSR count). The molecule has 0 bridgehead atoms. The third-order valence-corrected chi connectivity index (χ3v) is 3.40. The van der Waals surface area contributed by atoms with E-state index >= 15 is 0 Å².